The molecule has 7 nitrogen and oxygen atoms in total. The first-order chi connectivity index (χ1) is 14.6. The Kier molecular flexibility index (Phi) is 5.92. The molecule has 1 aliphatic heterocycles. The molecule has 0 spiro atoms. The maximum atomic E-state index is 9.15. The maximum absolute atomic E-state index is 9.15. The molecule has 30 heavy (non-hydrogen) atoms. The predicted octanol–water partition coefficient (Wildman–Crippen LogP) is 3.93. The van der Waals surface area contributed by atoms with E-state index in [0.29, 0.717) is 41.1 Å². The zero-order valence-electron chi connectivity index (χ0n) is 16.8. The minimum atomic E-state index is -0.156. The highest BCUT2D eigenvalue weighted by molar-refractivity contribution is 6.30. The summed E-state index contributed by atoms with van der Waals surface area (Å²) in [5, 5.41) is 17.9. The summed E-state index contributed by atoms with van der Waals surface area (Å²) in [5.41, 5.74) is 2.88. The number of aromatic nitrogens is 3. The third kappa shape index (κ3) is 3.99. The molecule has 0 amide bonds. The molecule has 0 bridgehead atoms. The quantitative estimate of drug-likeness (QED) is 0.595. The third-order valence-corrected chi connectivity index (χ3v) is 5.23. The van der Waals surface area contributed by atoms with E-state index in [9.17, 15) is 0 Å². The maximum Gasteiger partial charge on any atom is 0.226 e. The molecule has 8 heteroatoms. The Morgan fingerprint density at radius 1 is 1.10 bits per heavy atom. The van der Waals surface area contributed by atoms with Crippen LogP contribution in [0.3, 0.4) is 0 Å². The number of nitrogens with zero attached hydrogens (tertiary/aromatic N) is 3. The van der Waals surface area contributed by atoms with Crippen LogP contribution < -0.4 is 14.8 Å². The molecule has 3 aromatic rings. The van der Waals surface area contributed by atoms with Gasteiger partial charge < -0.3 is 19.9 Å². The fourth-order valence-corrected chi connectivity index (χ4v) is 3.58. The van der Waals surface area contributed by atoms with Gasteiger partial charge in [0.05, 0.1) is 14.2 Å². The van der Waals surface area contributed by atoms with Gasteiger partial charge in [-0.2, -0.15) is 10.1 Å². The molecule has 156 valence electrons. The largest absolute Gasteiger partial charge is 0.493 e. The van der Waals surface area contributed by atoms with Gasteiger partial charge in [0, 0.05) is 29.3 Å². The zero-order chi connectivity index (χ0) is 21.1. The van der Waals surface area contributed by atoms with Gasteiger partial charge in [-0.15, -0.1) is 0 Å². The molecule has 2 N–H and O–H groups in total. The van der Waals surface area contributed by atoms with E-state index in [0.717, 1.165) is 16.8 Å². The summed E-state index contributed by atoms with van der Waals surface area (Å²) in [4.78, 5) is 4.64. The highest BCUT2D eigenvalue weighted by Crippen LogP contribution is 2.36. The number of aliphatic hydroxyl groups is 1. The number of fused-ring (bicyclic) bond motifs is 1. The second kappa shape index (κ2) is 8.77. The van der Waals surface area contributed by atoms with Gasteiger partial charge in [0.1, 0.15) is 6.04 Å². The summed E-state index contributed by atoms with van der Waals surface area (Å²) in [6.07, 6.45) is 3.32. The lowest BCUT2D eigenvalue weighted by atomic mass is 10.0. The number of anilines is 1. The van der Waals surface area contributed by atoms with Crippen LogP contribution in [0.15, 0.2) is 48.5 Å². The molecule has 0 radical (unpaired) electrons. The van der Waals surface area contributed by atoms with Crippen molar-refractivity contribution in [2.24, 2.45) is 0 Å². The van der Waals surface area contributed by atoms with Gasteiger partial charge in [-0.1, -0.05) is 23.7 Å². The molecular weight excluding hydrogens is 404 g/mol. The van der Waals surface area contributed by atoms with E-state index < -0.39 is 0 Å². The molecule has 1 unspecified atom stereocenters. The molecule has 0 saturated carbocycles. The van der Waals surface area contributed by atoms with Crippen molar-refractivity contribution in [3.05, 3.63) is 70.5 Å². The minimum Gasteiger partial charge on any atom is -0.493 e. The second-order valence-electron chi connectivity index (χ2n) is 6.89. The highest BCUT2D eigenvalue weighted by Gasteiger charge is 2.25. The van der Waals surface area contributed by atoms with E-state index in [2.05, 4.69) is 21.5 Å². The zero-order valence-corrected chi connectivity index (χ0v) is 17.6. The first-order valence-electron chi connectivity index (χ1n) is 9.66. The Hall–Kier alpha value is -3.03. The normalized spacial score (nSPS) is 15.2. The molecule has 2 heterocycles. The number of methoxy groups -OCH3 is 2. The van der Waals surface area contributed by atoms with Gasteiger partial charge in [-0.3, -0.25) is 0 Å². The number of ether oxygens (including phenoxy) is 2. The van der Waals surface area contributed by atoms with E-state index in [1.54, 1.807) is 14.2 Å². The SMILES string of the molecule is COc1ccc(C2=CC(c3ccc(Cl)cc3)n3nc(CCCO)nc3N2)cc1OC. The monoisotopic (exact) mass is 426 g/mol. The van der Waals surface area contributed by atoms with Crippen molar-refractivity contribution in [3.8, 4) is 11.5 Å². The van der Waals surface area contributed by atoms with Crippen molar-refractivity contribution in [2.45, 2.75) is 18.9 Å². The van der Waals surface area contributed by atoms with Crippen molar-refractivity contribution < 1.29 is 14.6 Å². The number of aryl methyl sites for hydroxylation is 1. The van der Waals surface area contributed by atoms with Gasteiger partial charge in [-0.05, 0) is 48.4 Å². The van der Waals surface area contributed by atoms with Crippen LogP contribution in [-0.2, 0) is 6.42 Å². The topological polar surface area (TPSA) is 81.4 Å². The van der Waals surface area contributed by atoms with Crippen LogP contribution in [0.25, 0.3) is 5.70 Å². The minimum absolute atomic E-state index is 0.104. The lowest BCUT2D eigenvalue weighted by molar-refractivity contribution is 0.287. The molecule has 4 rings (SSSR count). The molecule has 1 aromatic heterocycles. The lowest BCUT2D eigenvalue weighted by Gasteiger charge is -2.24. The third-order valence-electron chi connectivity index (χ3n) is 4.97. The summed E-state index contributed by atoms with van der Waals surface area (Å²) in [7, 11) is 3.23. The Morgan fingerprint density at radius 3 is 2.57 bits per heavy atom. The van der Waals surface area contributed by atoms with E-state index in [4.69, 9.17) is 26.2 Å². The van der Waals surface area contributed by atoms with Crippen LogP contribution in [0.2, 0.25) is 5.02 Å². The van der Waals surface area contributed by atoms with E-state index in [-0.39, 0.29) is 12.6 Å². The highest BCUT2D eigenvalue weighted by atomic mass is 35.5. The Balaban J connectivity index is 1.77. The number of hydrogen-bond acceptors (Lipinski definition) is 6. The fourth-order valence-electron chi connectivity index (χ4n) is 3.45. The van der Waals surface area contributed by atoms with Crippen LogP contribution in [0.5, 0.6) is 11.5 Å². The Bertz CT molecular complexity index is 1060. The number of rotatable bonds is 7. The van der Waals surface area contributed by atoms with Gasteiger partial charge in [0.15, 0.2) is 17.3 Å². The van der Waals surface area contributed by atoms with Crippen LogP contribution in [0.4, 0.5) is 5.95 Å². The van der Waals surface area contributed by atoms with Gasteiger partial charge >= 0.3 is 0 Å². The average Bonchev–Trinajstić information content (AvgIpc) is 3.20. The summed E-state index contributed by atoms with van der Waals surface area (Å²) in [6, 6.07) is 13.3. The predicted molar refractivity (Wildman–Crippen MR) is 116 cm³/mol. The van der Waals surface area contributed by atoms with E-state index in [1.165, 1.54) is 0 Å². The van der Waals surface area contributed by atoms with Crippen molar-refractivity contribution in [1.82, 2.24) is 14.8 Å². The first-order valence-corrected chi connectivity index (χ1v) is 10.0. The summed E-state index contributed by atoms with van der Waals surface area (Å²) < 4.78 is 12.7. The van der Waals surface area contributed by atoms with E-state index >= 15 is 0 Å². The number of benzene rings is 2. The standard InChI is InChI=1S/C22H23ClN4O3/c1-29-19-10-7-15(12-20(19)30-2)17-13-18(14-5-8-16(23)9-6-14)27-22(24-17)25-21(26-27)4-3-11-28/h5-10,12-13,18,28H,3-4,11H2,1-2H3,(H,24,25,26). The van der Waals surface area contributed by atoms with Gasteiger partial charge in [-0.25, -0.2) is 4.68 Å². The molecule has 1 aliphatic rings. The van der Waals surface area contributed by atoms with Crippen LogP contribution in [-0.4, -0.2) is 40.7 Å². The van der Waals surface area contributed by atoms with Crippen molar-refractivity contribution in [1.29, 1.82) is 0 Å². The summed E-state index contributed by atoms with van der Waals surface area (Å²) in [5.74, 6) is 2.65. The molecule has 0 saturated heterocycles. The van der Waals surface area contributed by atoms with Crippen molar-refractivity contribution in [2.75, 3.05) is 26.1 Å². The van der Waals surface area contributed by atoms with Crippen LogP contribution in [0, 0.1) is 0 Å². The van der Waals surface area contributed by atoms with Crippen molar-refractivity contribution in [3.63, 3.8) is 0 Å². The van der Waals surface area contributed by atoms with Gasteiger partial charge in [0.25, 0.3) is 0 Å². The number of nitrogens with one attached hydrogen (secondary N) is 1. The number of aliphatic hydroxyl groups excluding tert-OH is 1. The van der Waals surface area contributed by atoms with Gasteiger partial charge in [0.2, 0.25) is 5.95 Å². The van der Waals surface area contributed by atoms with Crippen LogP contribution in [0.1, 0.15) is 29.4 Å². The average molecular weight is 427 g/mol. The number of hydrogen-bond donors (Lipinski definition) is 2. The number of halogens is 1. The summed E-state index contributed by atoms with van der Waals surface area (Å²) in [6.45, 7) is 0.104. The first kappa shape index (κ1) is 20.3. The number of allylic oxidation sites excluding steroid dienone is 1. The molecule has 1 atom stereocenters. The van der Waals surface area contributed by atoms with E-state index in [1.807, 2.05) is 47.1 Å². The second-order valence-corrected chi connectivity index (χ2v) is 7.33. The molecule has 0 aliphatic carbocycles. The molecular formula is C22H23ClN4O3. The van der Waals surface area contributed by atoms with Crippen molar-refractivity contribution >= 4 is 23.2 Å². The van der Waals surface area contributed by atoms with Crippen LogP contribution >= 0.6 is 11.6 Å². The fraction of sp³-hybridized carbons (Fsp3) is 0.273. The smallest absolute Gasteiger partial charge is 0.226 e. The molecule has 0 fully saturated rings. The Labute approximate surface area is 179 Å². The lowest BCUT2D eigenvalue weighted by Crippen LogP contribution is -2.20. The summed E-state index contributed by atoms with van der Waals surface area (Å²) >= 11 is 6.09. The Morgan fingerprint density at radius 2 is 1.87 bits per heavy atom. The molecule has 2 aromatic carbocycles.